The van der Waals surface area contributed by atoms with Gasteiger partial charge in [-0.3, -0.25) is 4.79 Å². The van der Waals surface area contributed by atoms with E-state index in [1.54, 1.807) is 26.8 Å². The fraction of sp³-hybridized carbons (Fsp3) is 0.433. The van der Waals surface area contributed by atoms with E-state index in [9.17, 15) is 18.0 Å². The maximum atomic E-state index is 13.8. The third kappa shape index (κ3) is 8.08. The number of para-hydroxylation sites is 1. The molecule has 0 aliphatic carbocycles. The zero-order valence-electron chi connectivity index (χ0n) is 24.6. The zero-order valence-corrected chi connectivity index (χ0v) is 26.9. The van der Waals surface area contributed by atoms with Gasteiger partial charge in [-0.25, -0.2) is 18.2 Å². The molecule has 0 saturated carbocycles. The van der Waals surface area contributed by atoms with Gasteiger partial charge in [0.15, 0.2) is 0 Å². The third-order valence-electron chi connectivity index (χ3n) is 6.76. The van der Waals surface area contributed by atoms with Gasteiger partial charge in [-0.05, 0) is 71.2 Å². The monoisotopic (exact) mass is 650 g/mol. The molecule has 2 amide bonds. The number of ether oxygens (including phenoxy) is 2. The van der Waals surface area contributed by atoms with Crippen molar-refractivity contribution in [3.8, 4) is 5.75 Å². The highest BCUT2D eigenvalue weighted by molar-refractivity contribution is 7.89. The normalized spacial score (nSPS) is 15.8. The number of rotatable bonds is 10. The van der Waals surface area contributed by atoms with Crippen LogP contribution in [-0.4, -0.2) is 61.0 Å². The Kier molecular flexibility index (Phi) is 10.4. The molecule has 2 heterocycles. The lowest BCUT2D eigenvalue weighted by Gasteiger charge is -2.24. The van der Waals surface area contributed by atoms with Crippen molar-refractivity contribution in [2.75, 3.05) is 19.6 Å². The summed E-state index contributed by atoms with van der Waals surface area (Å²) in [4.78, 5) is 29.2. The van der Waals surface area contributed by atoms with Crippen LogP contribution >= 0.6 is 23.2 Å². The predicted octanol–water partition coefficient (Wildman–Crippen LogP) is 5.61. The summed E-state index contributed by atoms with van der Waals surface area (Å²) in [6, 6.07) is 11.3. The number of carbonyl (C=O) groups excluding carboxylic acids is 2. The summed E-state index contributed by atoms with van der Waals surface area (Å²) >= 11 is 13.1. The van der Waals surface area contributed by atoms with E-state index in [1.165, 1.54) is 16.4 Å². The van der Waals surface area contributed by atoms with E-state index in [2.05, 4.69) is 15.6 Å². The van der Waals surface area contributed by atoms with Crippen LogP contribution in [0.2, 0.25) is 10.0 Å². The number of aromatic nitrogens is 1. The average molecular weight is 652 g/mol. The van der Waals surface area contributed by atoms with E-state index in [1.807, 2.05) is 31.2 Å². The van der Waals surface area contributed by atoms with E-state index in [0.717, 1.165) is 11.1 Å². The quantitative estimate of drug-likeness (QED) is 0.273. The zero-order chi connectivity index (χ0) is 31.4. The minimum absolute atomic E-state index is 0.0591. The molecule has 1 aliphatic rings. The molecule has 3 aromatic rings. The van der Waals surface area contributed by atoms with Gasteiger partial charge < -0.3 is 20.1 Å². The minimum atomic E-state index is -4.15. The van der Waals surface area contributed by atoms with Crippen molar-refractivity contribution in [3.63, 3.8) is 0 Å². The summed E-state index contributed by atoms with van der Waals surface area (Å²) in [6.45, 7) is 7.82. The van der Waals surface area contributed by atoms with Crippen LogP contribution in [0.25, 0.3) is 10.9 Å². The maximum absolute atomic E-state index is 13.8. The highest BCUT2D eigenvalue weighted by Gasteiger charge is 2.40. The summed E-state index contributed by atoms with van der Waals surface area (Å²) in [6.07, 6.45) is 0.797. The van der Waals surface area contributed by atoms with Crippen molar-refractivity contribution >= 4 is 56.1 Å². The van der Waals surface area contributed by atoms with Crippen LogP contribution in [0.4, 0.5) is 4.79 Å². The van der Waals surface area contributed by atoms with Crippen molar-refractivity contribution in [3.05, 3.63) is 63.8 Å². The highest BCUT2D eigenvalue weighted by atomic mass is 35.5. The SMILES string of the molecule is Cc1ccc2cccc(OCc3c(Cl)ccc(S(=O)(=O)N4CCCC4C(=O)NCCCNC(=O)OC(C)(C)C)c3Cl)c2n1. The Labute approximate surface area is 262 Å². The molecule has 2 N–H and O–H groups in total. The van der Waals surface area contributed by atoms with Crippen molar-refractivity contribution in [1.29, 1.82) is 0 Å². The van der Waals surface area contributed by atoms with Gasteiger partial charge in [0.2, 0.25) is 15.9 Å². The fourth-order valence-electron chi connectivity index (χ4n) is 4.73. The Morgan fingerprint density at radius 1 is 1.07 bits per heavy atom. The molecule has 1 fully saturated rings. The first-order valence-electron chi connectivity index (χ1n) is 14.0. The number of sulfonamides is 1. The lowest BCUT2D eigenvalue weighted by molar-refractivity contribution is -0.124. The number of alkyl carbamates (subject to hydrolysis) is 1. The number of hydrogen-bond donors (Lipinski definition) is 2. The number of carbonyl (C=O) groups is 2. The van der Waals surface area contributed by atoms with Gasteiger partial charge >= 0.3 is 6.09 Å². The largest absolute Gasteiger partial charge is 0.487 e. The molecule has 10 nitrogen and oxygen atoms in total. The van der Waals surface area contributed by atoms with Crippen LogP contribution in [0.3, 0.4) is 0 Å². The first-order valence-corrected chi connectivity index (χ1v) is 16.2. The fourth-order valence-corrected chi connectivity index (χ4v) is 7.25. The summed E-state index contributed by atoms with van der Waals surface area (Å²) in [7, 11) is -4.15. The maximum Gasteiger partial charge on any atom is 0.407 e. The summed E-state index contributed by atoms with van der Waals surface area (Å²) in [5, 5.41) is 6.49. The second kappa shape index (κ2) is 13.7. The summed E-state index contributed by atoms with van der Waals surface area (Å²) in [5.41, 5.74) is 1.20. The molecule has 0 radical (unpaired) electrons. The van der Waals surface area contributed by atoms with Gasteiger partial charge in [0, 0.05) is 41.3 Å². The average Bonchev–Trinajstić information content (AvgIpc) is 3.43. The first-order chi connectivity index (χ1) is 20.3. The molecule has 1 aromatic heterocycles. The molecule has 2 aromatic carbocycles. The number of pyridine rings is 1. The second-order valence-corrected chi connectivity index (χ2v) is 13.9. The number of benzene rings is 2. The number of amides is 2. The molecule has 232 valence electrons. The van der Waals surface area contributed by atoms with E-state index < -0.39 is 33.7 Å². The molecule has 1 aliphatic heterocycles. The van der Waals surface area contributed by atoms with Gasteiger partial charge in [0.1, 0.15) is 34.4 Å². The van der Waals surface area contributed by atoms with E-state index in [4.69, 9.17) is 32.7 Å². The van der Waals surface area contributed by atoms with Gasteiger partial charge in [-0.2, -0.15) is 4.31 Å². The number of aryl methyl sites for hydroxylation is 1. The number of halogens is 2. The van der Waals surface area contributed by atoms with E-state index >= 15 is 0 Å². The summed E-state index contributed by atoms with van der Waals surface area (Å²) in [5.74, 6) is 0.102. The second-order valence-electron chi connectivity index (χ2n) is 11.3. The van der Waals surface area contributed by atoms with Crippen LogP contribution < -0.4 is 15.4 Å². The molecular formula is C30H36Cl2N4O6S. The van der Waals surface area contributed by atoms with Crippen LogP contribution in [0, 0.1) is 6.92 Å². The number of fused-ring (bicyclic) bond motifs is 1. The Balaban J connectivity index is 1.43. The number of nitrogens with one attached hydrogen (secondary N) is 2. The highest BCUT2D eigenvalue weighted by Crippen LogP contribution is 2.36. The number of nitrogens with zero attached hydrogens (tertiary/aromatic N) is 2. The Bertz CT molecular complexity index is 1610. The smallest absolute Gasteiger partial charge is 0.407 e. The molecule has 1 saturated heterocycles. The van der Waals surface area contributed by atoms with Crippen LogP contribution in [0.15, 0.2) is 47.4 Å². The molecule has 43 heavy (non-hydrogen) atoms. The third-order valence-corrected chi connectivity index (χ3v) is 9.61. The van der Waals surface area contributed by atoms with Crippen molar-refractivity contribution in [2.24, 2.45) is 0 Å². The Morgan fingerprint density at radius 2 is 1.81 bits per heavy atom. The molecule has 1 unspecified atom stereocenters. The molecule has 4 rings (SSSR count). The topological polar surface area (TPSA) is 127 Å². The number of hydrogen-bond acceptors (Lipinski definition) is 7. The van der Waals surface area contributed by atoms with Crippen LogP contribution in [0.5, 0.6) is 5.75 Å². The van der Waals surface area contributed by atoms with Crippen LogP contribution in [0.1, 0.15) is 51.3 Å². The first kappa shape index (κ1) is 32.8. The Morgan fingerprint density at radius 3 is 2.56 bits per heavy atom. The van der Waals surface area contributed by atoms with Crippen molar-refractivity contribution < 1.29 is 27.5 Å². The van der Waals surface area contributed by atoms with E-state index in [-0.39, 0.29) is 34.6 Å². The molecular weight excluding hydrogens is 615 g/mol. The summed E-state index contributed by atoms with van der Waals surface area (Å²) < 4.78 is 40.0. The van der Waals surface area contributed by atoms with Crippen molar-refractivity contribution in [1.82, 2.24) is 19.9 Å². The van der Waals surface area contributed by atoms with Gasteiger partial charge in [-0.15, -0.1) is 0 Å². The minimum Gasteiger partial charge on any atom is -0.487 e. The molecule has 0 spiro atoms. The molecule has 13 heteroatoms. The predicted molar refractivity (Wildman–Crippen MR) is 166 cm³/mol. The lowest BCUT2D eigenvalue weighted by atomic mass is 10.2. The lowest BCUT2D eigenvalue weighted by Crippen LogP contribution is -2.46. The van der Waals surface area contributed by atoms with Crippen molar-refractivity contribution in [2.45, 2.75) is 70.1 Å². The standard InChI is InChI=1S/C30H36Cl2N4O6S/c1-19-11-12-20-8-5-10-24(27(20)35-19)41-18-21-22(31)13-14-25(26(21)32)43(39,40)36-17-6-9-23(36)28(37)33-15-7-16-34-29(38)42-30(2,3)4/h5,8,10-14,23H,6-7,9,15-18H2,1-4H3,(H,33,37)(H,34,38). The Hall–Kier alpha value is -3.12. The van der Waals surface area contributed by atoms with Gasteiger partial charge in [0.05, 0.1) is 5.02 Å². The molecule has 1 atom stereocenters. The van der Waals surface area contributed by atoms with Crippen LogP contribution in [-0.2, 0) is 26.2 Å². The molecule has 0 bridgehead atoms. The van der Waals surface area contributed by atoms with E-state index in [0.29, 0.717) is 42.6 Å². The van der Waals surface area contributed by atoms with Gasteiger partial charge in [0.25, 0.3) is 0 Å². The van der Waals surface area contributed by atoms with Gasteiger partial charge in [-0.1, -0.05) is 41.4 Å².